The van der Waals surface area contributed by atoms with E-state index < -0.39 is 0 Å². The van der Waals surface area contributed by atoms with Crippen molar-refractivity contribution in [1.29, 1.82) is 0 Å². The molecule has 0 heterocycles. The van der Waals surface area contributed by atoms with Crippen LogP contribution in [0.15, 0.2) is 66.7 Å². The molecule has 3 heteroatoms. The van der Waals surface area contributed by atoms with Crippen LogP contribution in [-0.2, 0) is 0 Å². The van der Waals surface area contributed by atoms with Crippen LogP contribution in [0.5, 0.6) is 0 Å². The first-order valence-corrected chi connectivity index (χ1v) is 8.54. The summed E-state index contributed by atoms with van der Waals surface area (Å²) in [5, 5.41) is 6.42. The van der Waals surface area contributed by atoms with E-state index in [4.69, 9.17) is 5.73 Å². The van der Waals surface area contributed by atoms with Crippen LogP contribution in [0.4, 0.5) is 17.1 Å². The first-order chi connectivity index (χ1) is 12.1. The molecule has 0 spiro atoms. The van der Waals surface area contributed by atoms with E-state index in [-0.39, 0.29) is 5.92 Å². The molecule has 0 amide bonds. The standard InChI is InChI=1S/C22H25N3/c1-15-14-18(8-13-21(15)25-3)22(16-4-9-19(23)10-5-16)17-6-11-20(24-2)12-7-17/h4-14,22,24-25H,23H2,1-3H3. The third-order valence-corrected chi connectivity index (χ3v) is 4.66. The predicted octanol–water partition coefficient (Wildman–Crippen LogP) is 4.84. The molecule has 0 aliphatic heterocycles. The summed E-state index contributed by atoms with van der Waals surface area (Å²) in [7, 11) is 3.89. The molecule has 3 nitrogen and oxygen atoms in total. The van der Waals surface area contributed by atoms with Gasteiger partial charge in [-0.1, -0.05) is 36.4 Å². The van der Waals surface area contributed by atoms with Crippen LogP contribution in [0.25, 0.3) is 0 Å². The highest BCUT2D eigenvalue weighted by Crippen LogP contribution is 2.34. The van der Waals surface area contributed by atoms with Crippen LogP contribution in [-0.4, -0.2) is 14.1 Å². The van der Waals surface area contributed by atoms with Crippen LogP contribution < -0.4 is 16.4 Å². The number of anilines is 3. The van der Waals surface area contributed by atoms with Crippen molar-refractivity contribution in [3.05, 3.63) is 89.0 Å². The quantitative estimate of drug-likeness (QED) is 0.463. The molecule has 0 radical (unpaired) electrons. The summed E-state index contributed by atoms with van der Waals surface area (Å²) < 4.78 is 0. The van der Waals surface area contributed by atoms with Gasteiger partial charge in [0, 0.05) is 37.1 Å². The molecule has 0 saturated carbocycles. The number of nitrogens with two attached hydrogens (primary N) is 1. The highest BCUT2D eigenvalue weighted by Gasteiger charge is 2.17. The lowest BCUT2D eigenvalue weighted by Gasteiger charge is -2.21. The molecule has 0 aliphatic rings. The number of nitrogens with one attached hydrogen (secondary N) is 2. The van der Waals surface area contributed by atoms with Crippen molar-refractivity contribution >= 4 is 17.1 Å². The fourth-order valence-electron chi connectivity index (χ4n) is 3.25. The second-order valence-electron chi connectivity index (χ2n) is 6.30. The SMILES string of the molecule is CNc1ccc(C(c2ccc(N)cc2)c2ccc(NC)c(C)c2)cc1. The Hall–Kier alpha value is -2.94. The van der Waals surface area contributed by atoms with Crippen LogP contribution in [0.1, 0.15) is 28.2 Å². The smallest absolute Gasteiger partial charge is 0.0367 e. The fourth-order valence-corrected chi connectivity index (χ4v) is 3.25. The average Bonchev–Trinajstić information content (AvgIpc) is 2.64. The van der Waals surface area contributed by atoms with Crippen LogP contribution in [0.2, 0.25) is 0 Å². The second-order valence-corrected chi connectivity index (χ2v) is 6.30. The number of nitrogen functional groups attached to an aromatic ring is 1. The first kappa shape index (κ1) is 16.9. The summed E-state index contributed by atoms with van der Waals surface area (Å²) >= 11 is 0. The van der Waals surface area contributed by atoms with Crippen molar-refractivity contribution in [2.45, 2.75) is 12.8 Å². The number of aryl methyl sites for hydroxylation is 1. The summed E-state index contributed by atoms with van der Waals surface area (Å²) in [5.74, 6) is 0.177. The van der Waals surface area contributed by atoms with Gasteiger partial charge in [0.1, 0.15) is 0 Å². The van der Waals surface area contributed by atoms with Gasteiger partial charge < -0.3 is 16.4 Å². The van der Waals surface area contributed by atoms with E-state index in [0.717, 1.165) is 17.1 Å². The van der Waals surface area contributed by atoms with Gasteiger partial charge in [-0.2, -0.15) is 0 Å². The van der Waals surface area contributed by atoms with E-state index in [1.165, 1.54) is 22.3 Å². The lowest BCUT2D eigenvalue weighted by molar-refractivity contribution is 0.975. The molecule has 1 atom stereocenters. The van der Waals surface area contributed by atoms with Crippen molar-refractivity contribution in [2.24, 2.45) is 0 Å². The lowest BCUT2D eigenvalue weighted by Crippen LogP contribution is -2.05. The zero-order chi connectivity index (χ0) is 17.8. The molecule has 1 unspecified atom stereocenters. The van der Waals surface area contributed by atoms with Gasteiger partial charge >= 0.3 is 0 Å². The topological polar surface area (TPSA) is 50.1 Å². The molecule has 25 heavy (non-hydrogen) atoms. The molecule has 0 saturated heterocycles. The third kappa shape index (κ3) is 3.61. The van der Waals surface area contributed by atoms with Gasteiger partial charge in [-0.05, 0) is 59.5 Å². The van der Waals surface area contributed by atoms with Crippen LogP contribution in [0.3, 0.4) is 0 Å². The van der Waals surface area contributed by atoms with Crippen molar-refractivity contribution in [3.8, 4) is 0 Å². The Labute approximate surface area is 149 Å². The Morgan fingerprint density at radius 1 is 0.720 bits per heavy atom. The zero-order valence-electron chi connectivity index (χ0n) is 15.0. The molecule has 3 aromatic rings. The van der Waals surface area contributed by atoms with Crippen LogP contribution >= 0.6 is 0 Å². The molecular formula is C22H25N3. The van der Waals surface area contributed by atoms with E-state index in [1.807, 2.05) is 26.2 Å². The molecule has 0 aliphatic carbocycles. The molecule has 0 bridgehead atoms. The minimum Gasteiger partial charge on any atom is -0.399 e. The summed E-state index contributed by atoms with van der Waals surface area (Å²) in [5.41, 5.74) is 14.0. The summed E-state index contributed by atoms with van der Waals surface area (Å²) in [6.07, 6.45) is 0. The third-order valence-electron chi connectivity index (χ3n) is 4.66. The largest absolute Gasteiger partial charge is 0.399 e. The molecule has 3 rings (SSSR count). The highest BCUT2D eigenvalue weighted by atomic mass is 14.8. The van der Waals surface area contributed by atoms with Crippen molar-refractivity contribution < 1.29 is 0 Å². The fraction of sp³-hybridized carbons (Fsp3) is 0.182. The van der Waals surface area contributed by atoms with E-state index in [0.29, 0.717) is 0 Å². The van der Waals surface area contributed by atoms with Crippen molar-refractivity contribution in [3.63, 3.8) is 0 Å². The van der Waals surface area contributed by atoms with Gasteiger partial charge in [0.2, 0.25) is 0 Å². The Bertz CT molecular complexity index is 836. The first-order valence-electron chi connectivity index (χ1n) is 8.54. The average molecular weight is 331 g/mol. The van der Waals surface area contributed by atoms with E-state index in [2.05, 4.69) is 72.2 Å². The van der Waals surface area contributed by atoms with Gasteiger partial charge in [-0.15, -0.1) is 0 Å². The molecule has 128 valence electrons. The maximum absolute atomic E-state index is 5.89. The van der Waals surface area contributed by atoms with Crippen LogP contribution in [0, 0.1) is 6.92 Å². The number of benzene rings is 3. The number of rotatable bonds is 5. The van der Waals surface area contributed by atoms with Crippen molar-refractivity contribution in [1.82, 2.24) is 0 Å². The Morgan fingerprint density at radius 2 is 1.28 bits per heavy atom. The van der Waals surface area contributed by atoms with E-state index in [1.54, 1.807) is 0 Å². The predicted molar refractivity (Wildman–Crippen MR) is 109 cm³/mol. The summed E-state index contributed by atoms with van der Waals surface area (Å²) in [4.78, 5) is 0. The van der Waals surface area contributed by atoms with Gasteiger partial charge in [0.05, 0.1) is 0 Å². The van der Waals surface area contributed by atoms with E-state index in [9.17, 15) is 0 Å². The van der Waals surface area contributed by atoms with Gasteiger partial charge in [0.15, 0.2) is 0 Å². The number of hydrogen-bond acceptors (Lipinski definition) is 3. The minimum atomic E-state index is 0.177. The minimum absolute atomic E-state index is 0.177. The highest BCUT2D eigenvalue weighted by molar-refractivity contribution is 5.56. The molecule has 3 aromatic carbocycles. The molecular weight excluding hydrogens is 306 g/mol. The molecule has 0 fully saturated rings. The van der Waals surface area contributed by atoms with Gasteiger partial charge in [-0.3, -0.25) is 0 Å². The van der Waals surface area contributed by atoms with E-state index >= 15 is 0 Å². The summed E-state index contributed by atoms with van der Waals surface area (Å²) in [6.45, 7) is 2.14. The second kappa shape index (κ2) is 7.31. The van der Waals surface area contributed by atoms with Crippen molar-refractivity contribution in [2.75, 3.05) is 30.5 Å². The molecule has 4 N–H and O–H groups in total. The zero-order valence-corrected chi connectivity index (χ0v) is 15.0. The Balaban J connectivity index is 2.10. The molecule has 0 aromatic heterocycles. The Morgan fingerprint density at radius 3 is 1.80 bits per heavy atom. The van der Waals surface area contributed by atoms with Gasteiger partial charge in [0.25, 0.3) is 0 Å². The summed E-state index contributed by atoms with van der Waals surface area (Å²) in [6, 6.07) is 23.4. The maximum atomic E-state index is 5.89. The Kier molecular flexibility index (Phi) is 4.94. The number of hydrogen-bond donors (Lipinski definition) is 3. The van der Waals surface area contributed by atoms with Gasteiger partial charge in [-0.25, -0.2) is 0 Å². The monoisotopic (exact) mass is 331 g/mol. The lowest BCUT2D eigenvalue weighted by atomic mass is 9.84. The maximum Gasteiger partial charge on any atom is 0.0367 e. The normalized spacial score (nSPS) is 11.8.